The van der Waals surface area contributed by atoms with Crippen LogP contribution in [-0.4, -0.2) is 0 Å². The molecular weight excluding hydrogens is 158 g/mol. The van der Waals surface area contributed by atoms with Crippen LogP contribution in [0.15, 0.2) is 11.1 Å². The Bertz CT molecular complexity index is 321. The molecule has 1 heteroatoms. The van der Waals surface area contributed by atoms with Crippen LogP contribution in [0.2, 0.25) is 0 Å². The maximum atomic E-state index is 9.33. The van der Waals surface area contributed by atoms with E-state index < -0.39 is 0 Å². The third-order valence-corrected chi connectivity index (χ3v) is 4.28. The van der Waals surface area contributed by atoms with Gasteiger partial charge in [-0.15, -0.1) is 0 Å². The van der Waals surface area contributed by atoms with Gasteiger partial charge in [-0.1, -0.05) is 11.1 Å². The molecule has 0 N–H and O–H groups in total. The number of allylic oxidation sites excluding steroid dienone is 2. The maximum Gasteiger partial charge on any atom is 0.0788 e. The molecule has 1 saturated carbocycles. The van der Waals surface area contributed by atoms with Crippen molar-refractivity contribution >= 4 is 0 Å². The topological polar surface area (TPSA) is 23.8 Å². The molecule has 2 unspecified atom stereocenters. The molecule has 2 atom stereocenters. The van der Waals surface area contributed by atoms with Crippen LogP contribution in [0.1, 0.15) is 44.9 Å². The van der Waals surface area contributed by atoms with E-state index in [2.05, 4.69) is 6.07 Å². The minimum Gasteiger partial charge on any atom is -0.197 e. The van der Waals surface area contributed by atoms with E-state index in [0.717, 1.165) is 12.3 Å². The van der Waals surface area contributed by atoms with Crippen LogP contribution in [0.5, 0.6) is 0 Å². The molecule has 0 radical (unpaired) electrons. The number of fused-ring (bicyclic) bond motifs is 1. The average molecular weight is 173 g/mol. The van der Waals surface area contributed by atoms with Gasteiger partial charge in [-0.25, -0.2) is 0 Å². The quantitative estimate of drug-likeness (QED) is 0.516. The van der Waals surface area contributed by atoms with Crippen molar-refractivity contribution in [2.45, 2.75) is 44.9 Å². The van der Waals surface area contributed by atoms with Crippen molar-refractivity contribution < 1.29 is 0 Å². The van der Waals surface area contributed by atoms with Crippen molar-refractivity contribution in [3.05, 3.63) is 11.1 Å². The van der Waals surface area contributed by atoms with E-state index in [-0.39, 0.29) is 5.41 Å². The molecular formula is C12H15N. The zero-order chi connectivity index (χ0) is 8.89. The van der Waals surface area contributed by atoms with E-state index in [1.165, 1.54) is 38.5 Å². The number of nitriles is 1. The van der Waals surface area contributed by atoms with Gasteiger partial charge in [0.05, 0.1) is 11.5 Å². The van der Waals surface area contributed by atoms with Crippen LogP contribution >= 0.6 is 0 Å². The predicted octanol–water partition coefficient (Wildman–Crippen LogP) is 3.18. The minimum absolute atomic E-state index is 0.0226. The number of nitrogens with zero attached hydrogens (tertiary/aromatic N) is 1. The van der Waals surface area contributed by atoms with Crippen LogP contribution in [0.4, 0.5) is 0 Å². The van der Waals surface area contributed by atoms with Gasteiger partial charge >= 0.3 is 0 Å². The summed E-state index contributed by atoms with van der Waals surface area (Å²) in [6.45, 7) is 0. The lowest BCUT2D eigenvalue weighted by Crippen LogP contribution is -2.37. The van der Waals surface area contributed by atoms with E-state index in [0.29, 0.717) is 0 Å². The van der Waals surface area contributed by atoms with Crippen molar-refractivity contribution in [1.82, 2.24) is 0 Å². The van der Waals surface area contributed by atoms with E-state index in [9.17, 15) is 5.26 Å². The summed E-state index contributed by atoms with van der Waals surface area (Å²) in [6.07, 6.45) is 8.84. The molecule has 4 aliphatic carbocycles. The summed E-state index contributed by atoms with van der Waals surface area (Å²) >= 11 is 0. The largest absolute Gasteiger partial charge is 0.197 e. The van der Waals surface area contributed by atoms with Gasteiger partial charge in [0.2, 0.25) is 0 Å². The van der Waals surface area contributed by atoms with Gasteiger partial charge in [-0.3, -0.25) is 0 Å². The van der Waals surface area contributed by atoms with Gasteiger partial charge in [-0.2, -0.15) is 5.26 Å². The molecule has 68 valence electrons. The molecule has 4 aliphatic rings. The Kier molecular flexibility index (Phi) is 1.39. The third kappa shape index (κ3) is 0.866. The van der Waals surface area contributed by atoms with Crippen LogP contribution in [-0.2, 0) is 0 Å². The molecule has 0 aromatic rings. The first-order chi connectivity index (χ1) is 6.34. The van der Waals surface area contributed by atoms with Gasteiger partial charge in [0.1, 0.15) is 0 Å². The van der Waals surface area contributed by atoms with Gasteiger partial charge in [0, 0.05) is 0 Å². The summed E-state index contributed by atoms with van der Waals surface area (Å²) in [5.74, 6) is 0.854. The molecule has 0 amide bonds. The molecule has 4 rings (SSSR count). The Balaban J connectivity index is 2.14. The highest BCUT2D eigenvalue weighted by atomic mass is 14.5. The molecule has 1 fully saturated rings. The minimum atomic E-state index is 0.0226. The van der Waals surface area contributed by atoms with Crippen LogP contribution in [0.25, 0.3) is 0 Å². The summed E-state index contributed by atoms with van der Waals surface area (Å²) < 4.78 is 0. The Labute approximate surface area is 79.4 Å². The van der Waals surface area contributed by atoms with Crippen LogP contribution < -0.4 is 0 Å². The maximum absolute atomic E-state index is 9.33. The van der Waals surface area contributed by atoms with Crippen LogP contribution in [0.3, 0.4) is 0 Å². The third-order valence-electron chi connectivity index (χ3n) is 4.28. The van der Waals surface area contributed by atoms with Crippen molar-refractivity contribution in [3.8, 4) is 6.07 Å². The fraction of sp³-hybridized carbons (Fsp3) is 0.750. The Morgan fingerprint density at radius 2 is 2.31 bits per heavy atom. The summed E-state index contributed by atoms with van der Waals surface area (Å²) in [5.41, 5.74) is 3.27. The van der Waals surface area contributed by atoms with E-state index >= 15 is 0 Å². The monoisotopic (exact) mass is 173 g/mol. The molecule has 0 aliphatic heterocycles. The van der Waals surface area contributed by atoms with Crippen molar-refractivity contribution in [2.24, 2.45) is 11.3 Å². The van der Waals surface area contributed by atoms with Crippen molar-refractivity contribution in [3.63, 3.8) is 0 Å². The lowest BCUT2D eigenvalue weighted by molar-refractivity contribution is 0.198. The molecule has 13 heavy (non-hydrogen) atoms. The summed E-state index contributed by atoms with van der Waals surface area (Å²) in [6, 6.07) is 2.62. The Hall–Kier alpha value is -0.770. The molecule has 0 aromatic heterocycles. The molecule has 0 heterocycles. The fourth-order valence-corrected chi connectivity index (χ4v) is 3.75. The number of hydrogen-bond acceptors (Lipinski definition) is 1. The van der Waals surface area contributed by atoms with Crippen molar-refractivity contribution in [1.29, 1.82) is 5.26 Å². The first-order valence-electron chi connectivity index (χ1n) is 5.47. The Morgan fingerprint density at radius 3 is 3.00 bits per heavy atom. The fourth-order valence-electron chi connectivity index (χ4n) is 3.75. The molecule has 1 nitrogen and oxygen atoms in total. The van der Waals surface area contributed by atoms with E-state index in [4.69, 9.17) is 0 Å². The molecule has 0 saturated heterocycles. The lowest BCUT2D eigenvalue weighted by Gasteiger charge is -2.48. The summed E-state index contributed by atoms with van der Waals surface area (Å²) in [7, 11) is 0. The van der Waals surface area contributed by atoms with E-state index in [1.54, 1.807) is 11.1 Å². The number of hydrogen-bond donors (Lipinski definition) is 0. The standard InChI is InChI=1S/C12H15N/c13-8-12-5-1-2-10-6-9(7-12)3-4-11(10)12/h9H,1-7H2. The van der Waals surface area contributed by atoms with Crippen LogP contribution in [0, 0.1) is 22.7 Å². The highest BCUT2D eigenvalue weighted by molar-refractivity contribution is 5.37. The lowest BCUT2D eigenvalue weighted by atomic mass is 9.55. The normalized spacial score (nSPS) is 41.9. The predicted molar refractivity (Wildman–Crippen MR) is 50.9 cm³/mol. The summed E-state index contributed by atoms with van der Waals surface area (Å²) in [5, 5.41) is 9.33. The zero-order valence-corrected chi connectivity index (χ0v) is 7.97. The van der Waals surface area contributed by atoms with Gasteiger partial charge in [0.15, 0.2) is 0 Å². The van der Waals surface area contributed by atoms with Gasteiger partial charge in [0.25, 0.3) is 0 Å². The highest BCUT2D eigenvalue weighted by Crippen LogP contribution is 2.57. The summed E-state index contributed by atoms with van der Waals surface area (Å²) in [4.78, 5) is 0. The molecule has 4 bridgehead atoms. The Morgan fingerprint density at radius 1 is 1.38 bits per heavy atom. The second kappa shape index (κ2) is 2.38. The number of rotatable bonds is 0. The second-order valence-corrected chi connectivity index (χ2v) is 4.94. The smallest absolute Gasteiger partial charge is 0.0788 e. The first kappa shape index (κ1) is 7.62. The average Bonchev–Trinajstić information content (AvgIpc) is 2.18. The molecule has 0 spiro atoms. The SMILES string of the molecule is N#CC12CCCC3=C1CCC(C3)C2. The first-order valence-corrected chi connectivity index (χ1v) is 5.47. The van der Waals surface area contributed by atoms with Gasteiger partial charge < -0.3 is 0 Å². The second-order valence-electron chi connectivity index (χ2n) is 4.94. The van der Waals surface area contributed by atoms with Gasteiger partial charge in [-0.05, 0) is 50.9 Å². The molecule has 0 aromatic carbocycles. The highest BCUT2D eigenvalue weighted by Gasteiger charge is 2.47. The van der Waals surface area contributed by atoms with Crippen molar-refractivity contribution in [2.75, 3.05) is 0 Å². The van der Waals surface area contributed by atoms with E-state index in [1.807, 2.05) is 0 Å². The zero-order valence-electron chi connectivity index (χ0n) is 7.97.